The average Bonchev–Trinajstić information content (AvgIpc) is 2.61. The van der Waals surface area contributed by atoms with Crippen LogP contribution in [0.25, 0.3) is 0 Å². The van der Waals surface area contributed by atoms with Crippen molar-refractivity contribution in [1.29, 1.82) is 0 Å². The van der Waals surface area contributed by atoms with Gasteiger partial charge < -0.3 is 9.64 Å². The van der Waals surface area contributed by atoms with Gasteiger partial charge >= 0.3 is 0 Å². The van der Waals surface area contributed by atoms with Crippen LogP contribution in [-0.4, -0.2) is 43.0 Å². The summed E-state index contributed by atoms with van der Waals surface area (Å²) in [5.41, 5.74) is 2.17. The van der Waals surface area contributed by atoms with E-state index in [2.05, 4.69) is 15.9 Å². The molecule has 2 rings (SSSR count). The Kier molecular flexibility index (Phi) is 7.02. The molecule has 0 aliphatic rings. The monoisotopic (exact) mass is 404 g/mol. The third-order valence-electron chi connectivity index (χ3n) is 4.32. The van der Waals surface area contributed by atoms with E-state index in [1.165, 1.54) is 0 Å². The van der Waals surface area contributed by atoms with E-state index in [-0.39, 0.29) is 11.9 Å². The molecular formula is C20H25BrN2O2. The number of rotatable bonds is 7. The SMILES string of the molecule is COc1ccc(Br)cc1CN(C)[C@H](C)C(=O)N(C)Cc1ccccc1. The van der Waals surface area contributed by atoms with Crippen molar-refractivity contribution in [3.63, 3.8) is 0 Å². The first-order chi connectivity index (χ1) is 11.9. The van der Waals surface area contributed by atoms with Gasteiger partial charge in [-0.2, -0.15) is 0 Å². The van der Waals surface area contributed by atoms with E-state index in [0.29, 0.717) is 13.1 Å². The molecule has 5 heteroatoms. The van der Waals surface area contributed by atoms with Gasteiger partial charge in [0.05, 0.1) is 13.2 Å². The zero-order valence-electron chi connectivity index (χ0n) is 15.2. The fourth-order valence-corrected chi connectivity index (χ4v) is 3.13. The maximum atomic E-state index is 12.7. The van der Waals surface area contributed by atoms with Gasteiger partial charge in [0, 0.05) is 30.2 Å². The third-order valence-corrected chi connectivity index (χ3v) is 4.81. The minimum atomic E-state index is -0.225. The minimum Gasteiger partial charge on any atom is -0.496 e. The summed E-state index contributed by atoms with van der Waals surface area (Å²) in [4.78, 5) is 16.6. The second kappa shape index (κ2) is 9.02. The number of hydrogen-bond donors (Lipinski definition) is 0. The lowest BCUT2D eigenvalue weighted by Crippen LogP contribution is -2.43. The molecule has 0 unspecified atom stereocenters. The molecule has 0 saturated carbocycles. The number of ether oxygens (including phenoxy) is 1. The highest BCUT2D eigenvalue weighted by Gasteiger charge is 2.22. The second-order valence-electron chi connectivity index (χ2n) is 6.23. The summed E-state index contributed by atoms with van der Waals surface area (Å²) in [5.74, 6) is 0.924. The first-order valence-corrected chi connectivity index (χ1v) is 9.03. The lowest BCUT2D eigenvalue weighted by Gasteiger charge is -2.28. The van der Waals surface area contributed by atoms with Gasteiger partial charge in [-0.1, -0.05) is 46.3 Å². The van der Waals surface area contributed by atoms with Crippen LogP contribution in [0.4, 0.5) is 0 Å². The highest BCUT2D eigenvalue weighted by Crippen LogP contribution is 2.24. The molecule has 0 aliphatic heterocycles. The fourth-order valence-electron chi connectivity index (χ4n) is 2.72. The maximum absolute atomic E-state index is 12.7. The predicted octanol–water partition coefficient (Wildman–Crippen LogP) is 3.94. The molecule has 1 amide bonds. The summed E-state index contributed by atoms with van der Waals surface area (Å²) in [7, 11) is 5.47. The molecule has 2 aromatic carbocycles. The van der Waals surface area contributed by atoms with Crippen molar-refractivity contribution >= 4 is 21.8 Å². The van der Waals surface area contributed by atoms with E-state index in [0.717, 1.165) is 21.3 Å². The fraction of sp³-hybridized carbons (Fsp3) is 0.350. The largest absolute Gasteiger partial charge is 0.496 e. The molecule has 25 heavy (non-hydrogen) atoms. The van der Waals surface area contributed by atoms with E-state index in [9.17, 15) is 4.79 Å². The van der Waals surface area contributed by atoms with Crippen LogP contribution in [-0.2, 0) is 17.9 Å². The smallest absolute Gasteiger partial charge is 0.239 e. The van der Waals surface area contributed by atoms with Gasteiger partial charge in [-0.3, -0.25) is 9.69 Å². The normalized spacial score (nSPS) is 12.1. The van der Waals surface area contributed by atoms with Crippen molar-refractivity contribution < 1.29 is 9.53 Å². The van der Waals surface area contributed by atoms with Crippen molar-refractivity contribution in [3.8, 4) is 5.75 Å². The number of carbonyl (C=O) groups is 1. The van der Waals surface area contributed by atoms with Crippen LogP contribution in [0.15, 0.2) is 53.0 Å². The maximum Gasteiger partial charge on any atom is 0.239 e. The van der Waals surface area contributed by atoms with Crippen molar-refractivity contribution in [1.82, 2.24) is 9.80 Å². The van der Waals surface area contributed by atoms with Gasteiger partial charge in [0.1, 0.15) is 5.75 Å². The van der Waals surface area contributed by atoms with Crippen LogP contribution in [0.3, 0.4) is 0 Å². The molecular weight excluding hydrogens is 380 g/mol. The van der Waals surface area contributed by atoms with Gasteiger partial charge in [0.2, 0.25) is 5.91 Å². The van der Waals surface area contributed by atoms with E-state index < -0.39 is 0 Å². The van der Waals surface area contributed by atoms with Gasteiger partial charge in [-0.05, 0) is 37.7 Å². The lowest BCUT2D eigenvalue weighted by atomic mass is 10.1. The molecule has 0 spiro atoms. The number of amides is 1. The molecule has 0 aromatic heterocycles. The van der Waals surface area contributed by atoms with E-state index in [4.69, 9.17) is 4.74 Å². The van der Waals surface area contributed by atoms with Crippen LogP contribution >= 0.6 is 15.9 Å². The van der Waals surface area contributed by atoms with Crippen LogP contribution < -0.4 is 4.74 Å². The standard InChI is InChI=1S/C20H25BrN2O2/c1-15(20(24)23(3)13-16-8-6-5-7-9-16)22(2)14-17-12-18(21)10-11-19(17)25-4/h5-12,15H,13-14H2,1-4H3/t15-/m1/s1. The first-order valence-electron chi connectivity index (χ1n) is 8.24. The summed E-state index contributed by atoms with van der Waals surface area (Å²) < 4.78 is 6.42. The quantitative estimate of drug-likeness (QED) is 0.700. The molecule has 0 bridgehead atoms. The Morgan fingerprint density at radius 1 is 1.12 bits per heavy atom. The molecule has 134 valence electrons. The summed E-state index contributed by atoms with van der Waals surface area (Å²) in [6.45, 7) is 3.18. The topological polar surface area (TPSA) is 32.8 Å². The number of benzene rings is 2. The Morgan fingerprint density at radius 2 is 1.80 bits per heavy atom. The van der Waals surface area contributed by atoms with Crippen molar-refractivity contribution in [3.05, 3.63) is 64.1 Å². The Hall–Kier alpha value is -1.85. The number of carbonyl (C=O) groups excluding carboxylic acids is 1. The third kappa shape index (κ3) is 5.31. The lowest BCUT2D eigenvalue weighted by molar-refractivity contribution is -0.135. The Balaban J connectivity index is 2.02. The molecule has 0 aliphatic carbocycles. The van der Waals surface area contributed by atoms with Gasteiger partial charge in [0.25, 0.3) is 0 Å². The van der Waals surface area contributed by atoms with Gasteiger partial charge in [-0.15, -0.1) is 0 Å². The van der Waals surface area contributed by atoms with Crippen molar-refractivity contribution in [2.45, 2.75) is 26.1 Å². The second-order valence-corrected chi connectivity index (χ2v) is 7.14. The zero-order valence-corrected chi connectivity index (χ0v) is 16.8. The molecule has 0 fully saturated rings. The number of methoxy groups -OCH3 is 1. The van der Waals surface area contributed by atoms with Crippen LogP contribution in [0.2, 0.25) is 0 Å². The van der Waals surface area contributed by atoms with Crippen LogP contribution in [0.1, 0.15) is 18.1 Å². The Labute approximate surface area is 158 Å². The Morgan fingerprint density at radius 3 is 2.44 bits per heavy atom. The number of hydrogen-bond acceptors (Lipinski definition) is 3. The molecule has 0 N–H and O–H groups in total. The molecule has 0 radical (unpaired) electrons. The van der Waals surface area contributed by atoms with Crippen molar-refractivity contribution in [2.24, 2.45) is 0 Å². The predicted molar refractivity (Wildman–Crippen MR) is 105 cm³/mol. The first kappa shape index (κ1) is 19.5. The summed E-state index contributed by atoms with van der Waals surface area (Å²) in [6, 6.07) is 15.7. The highest BCUT2D eigenvalue weighted by molar-refractivity contribution is 9.10. The number of likely N-dealkylation sites (N-methyl/N-ethyl adjacent to an activating group) is 2. The zero-order chi connectivity index (χ0) is 18.4. The molecule has 0 heterocycles. The van der Waals surface area contributed by atoms with E-state index >= 15 is 0 Å². The van der Waals surface area contributed by atoms with Crippen LogP contribution in [0, 0.1) is 0 Å². The number of nitrogens with zero attached hydrogens (tertiary/aromatic N) is 2. The molecule has 0 saturated heterocycles. The minimum absolute atomic E-state index is 0.0975. The molecule has 1 atom stereocenters. The average molecular weight is 405 g/mol. The number of halogens is 1. The van der Waals surface area contributed by atoms with Crippen LogP contribution in [0.5, 0.6) is 5.75 Å². The summed E-state index contributed by atoms with van der Waals surface area (Å²) in [5, 5.41) is 0. The van der Waals surface area contributed by atoms with Gasteiger partial charge in [0.15, 0.2) is 0 Å². The molecule has 4 nitrogen and oxygen atoms in total. The summed E-state index contributed by atoms with van der Waals surface area (Å²) in [6.07, 6.45) is 0. The van der Waals surface area contributed by atoms with E-state index in [1.54, 1.807) is 12.0 Å². The Bertz CT molecular complexity index is 706. The summed E-state index contributed by atoms with van der Waals surface area (Å²) >= 11 is 3.49. The van der Waals surface area contributed by atoms with E-state index in [1.807, 2.05) is 74.4 Å². The molecule has 2 aromatic rings. The van der Waals surface area contributed by atoms with Crippen molar-refractivity contribution in [2.75, 3.05) is 21.2 Å². The van der Waals surface area contributed by atoms with Gasteiger partial charge in [-0.25, -0.2) is 0 Å². The highest BCUT2D eigenvalue weighted by atomic mass is 79.9.